The minimum atomic E-state index is -0.437. The van der Waals surface area contributed by atoms with Crippen molar-refractivity contribution in [1.82, 2.24) is 9.97 Å². The van der Waals surface area contributed by atoms with Crippen molar-refractivity contribution in [3.63, 3.8) is 0 Å². The lowest BCUT2D eigenvalue weighted by Gasteiger charge is -2.02. The number of nitriles is 1. The first kappa shape index (κ1) is 11.7. The SMILES string of the molecule is COC(=O)c1ccc(-c2cccc(C#N)n2)nc1. The summed E-state index contributed by atoms with van der Waals surface area (Å²) in [5, 5.41) is 8.76. The number of rotatable bonds is 2. The highest BCUT2D eigenvalue weighted by atomic mass is 16.5. The normalized spacial score (nSPS) is 9.56. The van der Waals surface area contributed by atoms with Crippen molar-refractivity contribution in [2.24, 2.45) is 0 Å². The van der Waals surface area contributed by atoms with E-state index in [2.05, 4.69) is 14.7 Å². The summed E-state index contributed by atoms with van der Waals surface area (Å²) in [5.74, 6) is -0.437. The van der Waals surface area contributed by atoms with Crippen LogP contribution in [0.2, 0.25) is 0 Å². The van der Waals surface area contributed by atoms with E-state index in [1.807, 2.05) is 6.07 Å². The van der Waals surface area contributed by atoms with Gasteiger partial charge in [-0.25, -0.2) is 9.78 Å². The van der Waals surface area contributed by atoms with Gasteiger partial charge >= 0.3 is 5.97 Å². The molecular formula is C13H9N3O2. The molecule has 0 fully saturated rings. The highest BCUT2D eigenvalue weighted by molar-refractivity contribution is 5.89. The molecule has 0 spiro atoms. The summed E-state index contributed by atoms with van der Waals surface area (Å²) in [4.78, 5) is 19.5. The van der Waals surface area contributed by atoms with Crippen LogP contribution in [-0.4, -0.2) is 23.0 Å². The molecule has 0 aliphatic heterocycles. The maximum atomic E-state index is 11.2. The van der Waals surface area contributed by atoms with Crippen molar-refractivity contribution >= 4 is 5.97 Å². The molecule has 88 valence electrons. The number of esters is 1. The van der Waals surface area contributed by atoms with E-state index in [0.717, 1.165) is 0 Å². The van der Waals surface area contributed by atoms with Crippen molar-refractivity contribution in [3.05, 3.63) is 47.8 Å². The van der Waals surface area contributed by atoms with Crippen LogP contribution in [-0.2, 0) is 4.74 Å². The van der Waals surface area contributed by atoms with Gasteiger partial charge in [-0.1, -0.05) is 6.07 Å². The molecule has 2 heterocycles. The quantitative estimate of drug-likeness (QED) is 0.747. The first-order valence-corrected chi connectivity index (χ1v) is 5.16. The Morgan fingerprint density at radius 2 is 2.11 bits per heavy atom. The summed E-state index contributed by atoms with van der Waals surface area (Å²) in [5.41, 5.74) is 1.88. The fourth-order valence-electron chi connectivity index (χ4n) is 1.42. The summed E-state index contributed by atoms with van der Waals surface area (Å²) >= 11 is 0. The third kappa shape index (κ3) is 2.33. The molecule has 0 saturated carbocycles. The highest BCUT2D eigenvalue weighted by Gasteiger charge is 2.07. The molecule has 2 rings (SSSR count). The van der Waals surface area contributed by atoms with Crippen LogP contribution in [0.4, 0.5) is 0 Å². The van der Waals surface area contributed by atoms with Gasteiger partial charge in [-0.2, -0.15) is 5.26 Å². The van der Waals surface area contributed by atoms with Crippen LogP contribution in [0.5, 0.6) is 0 Å². The molecular weight excluding hydrogens is 230 g/mol. The van der Waals surface area contributed by atoms with Crippen LogP contribution >= 0.6 is 0 Å². The highest BCUT2D eigenvalue weighted by Crippen LogP contribution is 2.15. The minimum Gasteiger partial charge on any atom is -0.465 e. The Labute approximate surface area is 104 Å². The molecule has 5 heteroatoms. The van der Waals surface area contributed by atoms with E-state index in [1.54, 1.807) is 30.3 Å². The second-order valence-electron chi connectivity index (χ2n) is 3.44. The Bertz CT molecular complexity index is 615. The number of carbonyl (C=O) groups is 1. The number of nitrogens with zero attached hydrogens (tertiary/aromatic N) is 3. The molecule has 2 aromatic heterocycles. The predicted octanol–water partition coefficient (Wildman–Crippen LogP) is 1.80. The Hall–Kier alpha value is -2.74. The monoisotopic (exact) mass is 239 g/mol. The van der Waals surface area contributed by atoms with E-state index in [9.17, 15) is 4.79 Å². The third-order valence-electron chi connectivity index (χ3n) is 2.31. The number of carbonyl (C=O) groups excluding carboxylic acids is 1. The molecule has 0 aliphatic rings. The molecule has 18 heavy (non-hydrogen) atoms. The van der Waals surface area contributed by atoms with Gasteiger partial charge in [-0.15, -0.1) is 0 Å². The molecule has 0 bridgehead atoms. The molecule has 0 radical (unpaired) electrons. The number of hydrogen-bond donors (Lipinski definition) is 0. The van der Waals surface area contributed by atoms with Crippen LogP contribution in [0.3, 0.4) is 0 Å². The van der Waals surface area contributed by atoms with E-state index in [4.69, 9.17) is 5.26 Å². The van der Waals surface area contributed by atoms with Crippen LogP contribution in [0.25, 0.3) is 11.4 Å². The maximum absolute atomic E-state index is 11.2. The number of hydrogen-bond acceptors (Lipinski definition) is 5. The van der Waals surface area contributed by atoms with Gasteiger partial charge in [0.25, 0.3) is 0 Å². The largest absolute Gasteiger partial charge is 0.465 e. The molecule has 0 aromatic carbocycles. The van der Waals surface area contributed by atoms with Gasteiger partial charge in [-0.3, -0.25) is 4.98 Å². The molecule has 2 aromatic rings. The molecule has 0 aliphatic carbocycles. The van der Waals surface area contributed by atoms with Gasteiger partial charge in [0.2, 0.25) is 0 Å². The molecule has 0 atom stereocenters. The summed E-state index contributed by atoms with van der Waals surface area (Å²) in [6.45, 7) is 0. The second-order valence-corrected chi connectivity index (χ2v) is 3.44. The maximum Gasteiger partial charge on any atom is 0.339 e. The lowest BCUT2D eigenvalue weighted by atomic mass is 10.2. The van der Waals surface area contributed by atoms with Crippen molar-refractivity contribution in [3.8, 4) is 17.5 Å². The van der Waals surface area contributed by atoms with Crippen molar-refractivity contribution in [1.29, 1.82) is 5.26 Å². The number of ether oxygens (including phenoxy) is 1. The molecule has 0 N–H and O–H groups in total. The van der Waals surface area contributed by atoms with E-state index < -0.39 is 5.97 Å². The first-order chi connectivity index (χ1) is 8.74. The Balaban J connectivity index is 2.34. The average Bonchev–Trinajstić information content (AvgIpc) is 2.46. The zero-order chi connectivity index (χ0) is 13.0. The van der Waals surface area contributed by atoms with Crippen LogP contribution < -0.4 is 0 Å². The Morgan fingerprint density at radius 1 is 1.28 bits per heavy atom. The number of aromatic nitrogens is 2. The molecule has 0 saturated heterocycles. The zero-order valence-electron chi connectivity index (χ0n) is 9.62. The van der Waals surface area contributed by atoms with Gasteiger partial charge in [0.15, 0.2) is 0 Å². The van der Waals surface area contributed by atoms with Gasteiger partial charge < -0.3 is 4.74 Å². The van der Waals surface area contributed by atoms with Crippen LogP contribution in [0, 0.1) is 11.3 Å². The first-order valence-electron chi connectivity index (χ1n) is 5.16. The summed E-state index contributed by atoms with van der Waals surface area (Å²) in [6.07, 6.45) is 1.42. The zero-order valence-corrected chi connectivity index (χ0v) is 9.62. The van der Waals surface area contributed by atoms with Crippen LogP contribution in [0.1, 0.15) is 16.1 Å². The topological polar surface area (TPSA) is 75.9 Å². The van der Waals surface area contributed by atoms with Gasteiger partial charge in [0.05, 0.1) is 24.1 Å². The van der Waals surface area contributed by atoms with Gasteiger partial charge in [0, 0.05) is 6.20 Å². The lowest BCUT2D eigenvalue weighted by molar-refractivity contribution is 0.0600. The fourth-order valence-corrected chi connectivity index (χ4v) is 1.42. The smallest absolute Gasteiger partial charge is 0.339 e. The second kappa shape index (κ2) is 5.06. The third-order valence-corrected chi connectivity index (χ3v) is 2.31. The predicted molar refractivity (Wildman–Crippen MR) is 63.5 cm³/mol. The summed E-state index contributed by atoms with van der Waals surface area (Å²) in [7, 11) is 1.31. The Kier molecular flexibility index (Phi) is 3.30. The van der Waals surface area contributed by atoms with Crippen molar-refractivity contribution in [2.75, 3.05) is 7.11 Å². The molecule has 5 nitrogen and oxygen atoms in total. The average molecular weight is 239 g/mol. The van der Waals surface area contributed by atoms with Crippen molar-refractivity contribution < 1.29 is 9.53 Å². The van der Waals surface area contributed by atoms with E-state index in [1.165, 1.54) is 13.3 Å². The Morgan fingerprint density at radius 3 is 2.72 bits per heavy atom. The van der Waals surface area contributed by atoms with E-state index >= 15 is 0 Å². The summed E-state index contributed by atoms with van der Waals surface area (Å²) < 4.78 is 4.58. The van der Waals surface area contributed by atoms with E-state index in [0.29, 0.717) is 22.6 Å². The minimum absolute atomic E-state index is 0.325. The van der Waals surface area contributed by atoms with Crippen molar-refractivity contribution in [2.45, 2.75) is 0 Å². The van der Waals surface area contributed by atoms with Gasteiger partial charge in [0.1, 0.15) is 11.8 Å². The number of methoxy groups -OCH3 is 1. The van der Waals surface area contributed by atoms with Gasteiger partial charge in [-0.05, 0) is 24.3 Å². The lowest BCUT2D eigenvalue weighted by Crippen LogP contribution is -2.01. The molecule has 0 amide bonds. The summed E-state index contributed by atoms with van der Waals surface area (Å²) in [6, 6.07) is 10.3. The fraction of sp³-hybridized carbons (Fsp3) is 0.0769. The van der Waals surface area contributed by atoms with Crippen LogP contribution in [0.15, 0.2) is 36.5 Å². The molecule has 0 unspecified atom stereocenters. The number of pyridine rings is 2. The standard InChI is InChI=1S/C13H9N3O2/c1-18-13(17)9-5-6-11(15-8-9)12-4-2-3-10(7-14)16-12/h2-6,8H,1H3. The van der Waals surface area contributed by atoms with E-state index in [-0.39, 0.29) is 0 Å².